The summed E-state index contributed by atoms with van der Waals surface area (Å²) in [6.07, 6.45) is 3.40. The predicted octanol–water partition coefficient (Wildman–Crippen LogP) is 5.05. The van der Waals surface area contributed by atoms with Crippen LogP contribution in [0.3, 0.4) is 0 Å². The Hall–Kier alpha value is 0.617. The number of rotatable bonds is 3. The van der Waals surface area contributed by atoms with Gasteiger partial charge >= 0.3 is 0 Å². The molecule has 0 radical (unpaired) electrons. The van der Waals surface area contributed by atoms with Gasteiger partial charge in [0, 0.05) is 11.4 Å². The van der Waals surface area contributed by atoms with Crippen molar-refractivity contribution in [2.24, 2.45) is 0 Å². The zero-order valence-corrected chi connectivity index (χ0v) is 15.4. The maximum Gasteiger partial charge on any atom is 0.192 e. The van der Waals surface area contributed by atoms with E-state index in [-0.39, 0.29) is 4.75 Å². The summed E-state index contributed by atoms with van der Waals surface area (Å²) >= 11 is 7.52. The molecule has 1 aliphatic heterocycles. The molecule has 4 heteroatoms. The second-order valence-electron chi connectivity index (χ2n) is 7.17. The Labute approximate surface area is 124 Å². The minimum absolute atomic E-state index is 0.198. The van der Waals surface area contributed by atoms with E-state index in [1.54, 1.807) is 0 Å². The minimum atomic E-state index is -1.63. The van der Waals surface area contributed by atoms with Gasteiger partial charge in [-0.1, -0.05) is 33.0 Å². The van der Waals surface area contributed by atoms with E-state index in [1.807, 2.05) is 0 Å². The molecule has 18 heavy (non-hydrogen) atoms. The Morgan fingerprint density at radius 1 is 1.39 bits per heavy atom. The van der Waals surface area contributed by atoms with Gasteiger partial charge in [-0.05, 0) is 54.9 Å². The molecule has 0 N–H and O–H groups in total. The van der Waals surface area contributed by atoms with Gasteiger partial charge in [-0.25, -0.2) is 0 Å². The molecule has 1 aliphatic rings. The average Bonchev–Trinajstić information content (AvgIpc) is 2.36. The van der Waals surface area contributed by atoms with E-state index in [4.69, 9.17) is 16.6 Å². The zero-order chi connectivity index (χ0) is 14.0. The summed E-state index contributed by atoms with van der Waals surface area (Å²) in [7, 11) is -1.63. The normalized spacial score (nSPS) is 27.1. The van der Waals surface area contributed by atoms with E-state index < -0.39 is 8.32 Å². The number of hydrogen-bond donors (Lipinski definition) is 0. The van der Waals surface area contributed by atoms with Crippen LogP contribution in [0.2, 0.25) is 18.1 Å². The van der Waals surface area contributed by atoms with Gasteiger partial charge in [0.1, 0.15) is 0 Å². The first-order chi connectivity index (χ1) is 8.06. The van der Waals surface area contributed by atoms with Crippen LogP contribution < -0.4 is 0 Å². The molecule has 1 saturated heterocycles. The highest BCUT2D eigenvalue weighted by atomic mass is 32.2. The van der Waals surface area contributed by atoms with E-state index in [0.717, 1.165) is 19.4 Å². The van der Waals surface area contributed by atoms with Crippen molar-refractivity contribution in [1.29, 1.82) is 0 Å². The van der Waals surface area contributed by atoms with Gasteiger partial charge in [-0.2, -0.15) is 11.8 Å². The summed E-state index contributed by atoms with van der Waals surface area (Å²) in [5, 5.41) is 0.291. The summed E-state index contributed by atoms with van der Waals surface area (Å²) in [5.41, 5.74) is 0. The molecule has 1 fully saturated rings. The Bertz CT molecular complexity index is 309. The molecule has 0 unspecified atom stereocenters. The predicted molar refractivity (Wildman–Crippen MR) is 90.5 cm³/mol. The summed E-state index contributed by atoms with van der Waals surface area (Å²) in [6, 6.07) is 0. The third kappa shape index (κ3) is 4.62. The van der Waals surface area contributed by atoms with Gasteiger partial charge in [0.2, 0.25) is 0 Å². The molecule has 0 aromatic rings. The second-order valence-corrected chi connectivity index (χ2v) is 14.2. The Morgan fingerprint density at radius 3 is 2.56 bits per heavy atom. The lowest BCUT2D eigenvalue weighted by molar-refractivity contribution is 0.257. The number of thiocarbonyl (C=S) groups is 1. The van der Waals surface area contributed by atoms with Crippen LogP contribution in [0.15, 0.2) is 0 Å². The van der Waals surface area contributed by atoms with Crippen molar-refractivity contribution in [3.05, 3.63) is 0 Å². The fourth-order valence-electron chi connectivity index (χ4n) is 1.79. The Morgan fingerprint density at radius 2 is 2.00 bits per heavy atom. The van der Waals surface area contributed by atoms with Gasteiger partial charge in [0.15, 0.2) is 8.32 Å². The van der Waals surface area contributed by atoms with Crippen molar-refractivity contribution >= 4 is 37.2 Å². The van der Waals surface area contributed by atoms with Crippen molar-refractivity contribution in [2.75, 3.05) is 12.4 Å². The van der Waals surface area contributed by atoms with Gasteiger partial charge in [0.25, 0.3) is 0 Å². The number of thioether (sulfide) groups is 1. The molecule has 0 bridgehead atoms. The van der Waals surface area contributed by atoms with Gasteiger partial charge < -0.3 is 4.43 Å². The molecule has 0 spiro atoms. The first-order valence-electron chi connectivity index (χ1n) is 6.85. The molecule has 0 aliphatic carbocycles. The Kier molecular flexibility index (Phi) is 5.50. The average molecular weight is 305 g/mol. The highest BCUT2D eigenvalue weighted by Gasteiger charge is 2.39. The Balaban J connectivity index is 2.63. The molecule has 0 aromatic carbocycles. The van der Waals surface area contributed by atoms with Crippen LogP contribution >= 0.6 is 24.0 Å². The zero-order valence-electron chi connectivity index (χ0n) is 12.8. The fourth-order valence-corrected chi connectivity index (χ4v) is 4.76. The molecule has 1 heterocycles. The maximum atomic E-state index is 6.40. The minimum Gasteiger partial charge on any atom is -0.415 e. The fraction of sp³-hybridized carbons (Fsp3) is 0.929. The molecule has 1 rings (SSSR count). The molecule has 0 saturated carbocycles. The van der Waals surface area contributed by atoms with Crippen LogP contribution in [0, 0.1) is 0 Å². The largest absolute Gasteiger partial charge is 0.415 e. The first-order valence-corrected chi connectivity index (χ1v) is 11.2. The van der Waals surface area contributed by atoms with Gasteiger partial charge in [-0.15, -0.1) is 0 Å². The van der Waals surface area contributed by atoms with Crippen LogP contribution in [0.25, 0.3) is 0 Å². The second kappa shape index (κ2) is 5.94. The van der Waals surface area contributed by atoms with Crippen molar-refractivity contribution < 1.29 is 4.43 Å². The maximum absolute atomic E-state index is 6.40. The van der Waals surface area contributed by atoms with E-state index in [1.165, 1.54) is 17.0 Å². The highest BCUT2D eigenvalue weighted by Crippen LogP contribution is 2.40. The summed E-state index contributed by atoms with van der Waals surface area (Å²) in [6.45, 7) is 14.7. The van der Waals surface area contributed by atoms with Crippen LogP contribution in [-0.4, -0.2) is 30.3 Å². The van der Waals surface area contributed by atoms with Crippen molar-refractivity contribution in [3.63, 3.8) is 0 Å². The van der Waals surface area contributed by atoms with Crippen molar-refractivity contribution in [1.82, 2.24) is 0 Å². The molecule has 1 nitrogen and oxygen atoms in total. The van der Waals surface area contributed by atoms with Crippen molar-refractivity contribution in [3.8, 4) is 0 Å². The van der Waals surface area contributed by atoms with Crippen LogP contribution in [0.4, 0.5) is 0 Å². The lowest BCUT2D eigenvalue weighted by Gasteiger charge is -2.39. The van der Waals surface area contributed by atoms with E-state index >= 15 is 0 Å². The van der Waals surface area contributed by atoms with E-state index in [2.05, 4.69) is 52.6 Å². The molecule has 106 valence electrons. The molecule has 0 amide bonds. The monoisotopic (exact) mass is 304 g/mol. The SMILES string of the molecule is CC(C)(C)[Si](C)(C)OC[C@@]1(C)CC(=S)CCCS1. The lowest BCUT2D eigenvalue weighted by Crippen LogP contribution is -2.44. The topological polar surface area (TPSA) is 9.23 Å². The summed E-state index contributed by atoms with van der Waals surface area (Å²) < 4.78 is 6.60. The van der Waals surface area contributed by atoms with Crippen LogP contribution in [0.5, 0.6) is 0 Å². The summed E-state index contributed by atoms with van der Waals surface area (Å²) in [4.78, 5) is 1.24. The smallest absolute Gasteiger partial charge is 0.192 e. The molecular weight excluding hydrogens is 276 g/mol. The molecular formula is C14H28OS2Si. The van der Waals surface area contributed by atoms with Crippen LogP contribution in [0.1, 0.15) is 47.0 Å². The molecule has 0 aromatic heterocycles. The van der Waals surface area contributed by atoms with E-state index in [0.29, 0.717) is 5.04 Å². The molecule has 1 atom stereocenters. The lowest BCUT2D eigenvalue weighted by atomic mass is 10.0. The van der Waals surface area contributed by atoms with Crippen LogP contribution in [-0.2, 0) is 4.43 Å². The quantitative estimate of drug-likeness (QED) is 0.533. The number of hydrogen-bond acceptors (Lipinski definition) is 3. The highest BCUT2D eigenvalue weighted by molar-refractivity contribution is 8.00. The third-order valence-electron chi connectivity index (χ3n) is 4.17. The van der Waals surface area contributed by atoms with Gasteiger partial charge in [-0.3, -0.25) is 0 Å². The first kappa shape index (κ1) is 16.7. The van der Waals surface area contributed by atoms with Gasteiger partial charge in [0.05, 0.1) is 0 Å². The van der Waals surface area contributed by atoms with E-state index in [9.17, 15) is 0 Å². The summed E-state index contributed by atoms with van der Waals surface area (Å²) in [5.74, 6) is 1.22. The van der Waals surface area contributed by atoms with Crippen molar-refractivity contribution in [2.45, 2.75) is 69.8 Å². The third-order valence-corrected chi connectivity index (χ3v) is 10.4. The standard InChI is InChI=1S/C14H28OS2Si/c1-13(2,3)18(5,6)15-11-14(4)10-12(16)8-7-9-17-14/h7-11H2,1-6H3/t14-/m1/s1.